The molecular formula is C19H22F2N4O3. The molecule has 0 saturated heterocycles. The highest BCUT2D eigenvalue weighted by Crippen LogP contribution is 2.39. The van der Waals surface area contributed by atoms with E-state index in [1.807, 2.05) is 32.0 Å². The van der Waals surface area contributed by atoms with Crippen molar-refractivity contribution >= 4 is 5.96 Å². The maximum absolute atomic E-state index is 12.8. The van der Waals surface area contributed by atoms with E-state index in [2.05, 4.69) is 25.3 Å². The molecule has 2 heterocycles. The number of hydrogen-bond acceptors (Lipinski definition) is 5. The summed E-state index contributed by atoms with van der Waals surface area (Å²) in [5.41, 5.74) is 2.27. The second-order valence-corrected chi connectivity index (χ2v) is 6.01. The van der Waals surface area contributed by atoms with Gasteiger partial charge in [0.15, 0.2) is 17.5 Å². The van der Waals surface area contributed by atoms with Crippen LogP contribution < -0.4 is 24.8 Å². The number of benzene rings is 1. The van der Waals surface area contributed by atoms with E-state index in [0.29, 0.717) is 36.1 Å². The van der Waals surface area contributed by atoms with E-state index >= 15 is 0 Å². The Labute approximate surface area is 161 Å². The summed E-state index contributed by atoms with van der Waals surface area (Å²) in [6, 6.07) is 8.78. The number of nitrogens with one attached hydrogen (secondary N) is 2. The van der Waals surface area contributed by atoms with Crippen LogP contribution in [0.1, 0.15) is 23.9 Å². The first kappa shape index (κ1) is 19.7. The quantitative estimate of drug-likeness (QED) is 0.557. The number of guanidine groups is 1. The third-order valence-electron chi connectivity index (χ3n) is 3.91. The SMILES string of the molecule is CCNC(=NCc1cc2c(cc1OC(F)F)OCO2)NCc1cccc(C)n1. The number of aromatic nitrogens is 1. The van der Waals surface area contributed by atoms with Crippen LogP contribution in [0.4, 0.5) is 8.78 Å². The van der Waals surface area contributed by atoms with E-state index in [1.165, 1.54) is 6.07 Å². The van der Waals surface area contributed by atoms with Crippen molar-refractivity contribution in [2.45, 2.75) is 33.5 Å². The Morgan fingerprint density at radius 1 is 1.25 bits per heavy atom. The van der Waals surface area contributed by atoms with Gasteiger partial charge in [-0.25, -0.2) is 4.99 Å². The van der Waals surface area contributed by atoms with Gasteiger partial charge in [0.1, 0.15) is 5.75 Å². The van der Waals surface area contributed by atoms with Gasteiger partial charge >= 0.3 is 6.61 Å². The molecule has 2 aromatic rings. The lowest BCUT2D eigenvalue weighted by Gasteiger charge is -2.13. The molecule has 0 bridgehead atoms. The zero-order chi connectivity index (χ0) is 19.9. The van der Waals surface area contributed by atoms with Crippen LogP contribution in [0.2, 0.25) is 0 Å². The molecule has 1 aliphatic rings. The summed E-state index contributed by atoms with van der Waals surface area (Å²) < 4.78 is 40.7. The molecule has 28 heavy (non-hydrogen) atoms. The van der Waals surface area contributed by atoms with Crippen molar-refractivity contribution in [2.75, 3.05) is 13.3 Å². The van der Waals surface area contributed by atoms with Crippen molar-refractivity contribution in [3.05, 3.63) is 47.3 Å². The summed E-state index contributed by atoms with van der Waals surface area (Å²) in [7, 11) is 0. The van der Waals surface area contributed by atoms with E-state index in [0.717, 1.165) is 11.4 Å². The van der Waals surface area contributed by atoms with Crippen LogP contribution in [0.15, 0.2) is 35.3 Å². The van der Waals surface area contributed by atoms with Crippen LogP contribution in [0, 0.1) is 6.92 Å². The lowest BCUT2D eigenvalue weighted by Crippen LogP contribution is -2.37. The van der Waals surface area contributed by atoms with Crippen LogP contribution >= 0.6 is 0 Å². The molecule has 3 rings (SSSR count). The fourth-order valence-electron chi connectivity index (χ4n) is 2.67. The minimum Gasteiger partial charge on any atom is -0.454 e. The first-order valence-electron chi connectivity index (χ1n) is 8.87. The number of nitrogens with zero attached hydrogens (tertiary/aromatic N) is 2. The predicted octanol–water partition coefficient (Wildman–Crippen LogP) is 2.98. The topological polar surface area (TPSA) is 77.0 Å². The normalized spacial score (nSPS) is 13.0. The van der Waals surface area contributed by atoms with E-state index in [4.69, 9.17) is 9.47 Å². The maximum Gasteiger partial charge on any atom is 0.387 e. The molecule has 0 atom stereocenters. The fourth-order valence-corrected chi connectivity index (χ4v) is 2.67. The Morgan fingerprint density at radius 2 is 2.04 bits per heavy atom. The molecule has 0 fully saturated rings. The minimum absolute atomic E-state index is 0.0131. The van der Waals surface area contributed by atoms with Crippen molar-refractivity contribution in [2.24, 2.45) is 4.99 Å². The second kappa shape index (κ2) is 9.20. The smallest absolute Gasteiger partial charge is 0.387 e. The van der Waals surface area contributed by atoms with E-state index < -0.39 is 6.61 Å². The number of ether oxygens (including phenoxy) is 3. The lowest BCUT2D eigenvalue weighted by atomic mass is 10.1. The summed E-state index contributed by atoms with van der Waals surface area (Å²) in [5.74, 6) is 1.40. The van der Waals surface area contributed by atoms with Gasteiger partial charge in [0.2, 0.25) is 6.79 Å². The summed E-state index contributed by atoms with van der Waals surface area (Å²) >= 11 is 0. The van der Waals surface area contributed by atoms with Gasteiger partial charge < -0.3 is 24.8 Å². The van der Waals surface area contributed by atoms with E-state index in [9.17, 15) is 8.78 Å². The zero-order valence-corrected chi connectivity index (χ0v) is 15.7. The highest BCUT2D eigenvalue weighted by molar-refractivity contribution is 5.79. The number of aryl methyl sites for hydroxylation is 1. The summed E-state index contributed by atoms with van der Waals surface area (Å²) in [4.78, 5) is 8.89. The second-order valence-electron chi connectivity index (χ2n) is 6.01. The Balaban J connectivity index is 1.74. The Morgan fingerprint density at radius 3 is 2.75 bits per heavy atom. The van der Waals surface area contributed by atoms with Crippen molar-refractivity contribution in [3.8, 4) is 17.2 Å². The van der Waals surface area contributed by atoms with E-state index in [-0.39, 0.29) is 19.1 Å². The minimum atomic E-state index is -2.94. The highest BCUT2D eigenvalue weighted by atomic mass is 19.3. The number of halogens is 2. The third-order valence-corrected chi connectivity index (χ3v) is 3.91. The molecule has 0 spiro atoms. The molecule has 1 aromatic heterocycles. The first-order chi connectivity index (χ1) is 13.5. The molecule has 1 aliphatic heterocycles. The van der Waals surface area contributed by atoms with Gasteiger partial charge in [-0.2, -0.15) is 8.78 Å². The van der Waals surface area contributed by atoms with Gasteiger partial charge in [-0.05, 0) is 32.0 Å². The Hall–Kier alpha value is -3.10. The van der Waals surface area contributed by atoms with Gasteiger partial charge in [0.05, 0.1) is 18.8 Å². The van der Waals surface area contributed by atoms with Gasteiger partial charge in [0.25, 0.3) is 0 Å². The summed E-state index contributed by atoms with van der Waals surface area (Å²) in [5, 5.41) is 6.29. The fraction of sp³-hybridized carbons (Fsp3) is 0.368. The first-order valence-corrected chi connectivity index (χ1v) is 8.87. The van der Waals surface area contributed by atoms with Crippen LogP contribution in [-0.4, -0.2) is 30.9 Å². The molecule has 0 amide bonds. The number of aliphatic imine (C=N–C) groups is 1. The molecular weight excluding hydrogens is 370 g/mol. The van der Waals surface area contributed by atoms with Crippen LogP contribution in [-0.2, 0) is 13.1 Å². The number of pyridine rings is 1. The predicted molar refractivity (Wildman–Crippen MR) is 99.8 cm³/mol. The molecule has 1 aromatic carbocycles. The lowest BCUT2D eigenvalue weighted by molar-refractivity contribution is -0.0505. The molecule has 2 N–H and O–H groups in total. The summed E-state index contributed by atoms with van der Waals surface area (Å²) in [6.45, 7) is 2.21. The average Bonchev–Trinajstić information content (AvgIpc) is 3.10. The molecule has 7 nitrogen and oxygen atoms in total. The Bertz CT molecular complexity index is 846. The van der Waals surface area contributed by atoms with Gasteiger partial charge in [-0.3, -0.25) is 4.98 Å². The molecule has 0 saturated carbocycles. The van der Waals surface area contributed by atoms with Crippen molar-refractivity contribution in [1.82, 2.24) is 15.6 Å². The van der Waals surface area contributed by atoms with Crippen LogP contribution in [0.25, 0.3) is 0 Å². The zero-order valence-electron chi connectivity index (χ0n) is 15.7. The molecule has 150 valence electrons. The number of hydrogen-bond donors (Lipinski definition) is 2. The largest absolute Gasteiger partial charge is 0.454 e. The van der Waals surface area contributed by atoms with Crippen LogP contribution in [0.5, 0.6) is 17.2 Å². The Kier molecular flexibility index (Phi) is 6.46. The number of fused-ring (bicyclic) bond motifs is 1. The van der Waals surface area contributed by atoms with Gasteiger partial charge in [-0.1, -0.05) is 6.07 Å². The monoisotopic (exact) mass is 392 g/mol. The van der Waals surface area contributed by atoms with Crippen molar-refractivity contribution < 1.29 is 23.0 Å². The van der Waals surface area contributed by atoms with E-state index in [1.54, 1.807) is 6.07 Å². The van der Waals surface area contributed by atoms with Crippen molar-refractivity contribution in [3.63, 3.8) is 0 Å². The third kappa shape index (κ3) is 5.21. The average molecular weight is 392 g/mol. The maximum atomic E-state index is 12.8. The molecule has 0 aliphatic carbocycles. The van der Waals surface area contributed by atoms with Crippen LogP contribution in [0.3, 0.4) is 0 Å². The number of rotatable bonds is 7. The summed E-state index contributed by atoms with van der Waals surface area (Å²) in [6.07, 6.45) is 0. The number of alkyl halides is 2. The molecule has 0 radical (unpaired) electrons. The van der Waals surface area contributed by atoms with Gasteiger partial charge in [-0.15, -0.1) is 0 Å². The van der Waals surface area contributed by atoms with Crippen molar-refractivity contribution in [1.29, 1.82) is 0 Å². The van der Waals surface area contributed by atoms with Gasteiger partial charge in [0, 0.05) is 23.9 Å². The molecule has 9 heteroatoms. The highest BCUT2D eigenvalue weighted by Gasteiger charge is 2.20. The molecule has 0 unspecified atom stereocenters. The standard InChI is InChI=1S/C19H22F2N4O3/c1-3-22-19(24-10-14-6-4-5-12(2)25-14)23-9-13-7-16-17(27-11-26-16)8-15(13)28-18(20)21/h4-8,18H,3,9-11H2,1-2H3,(H2,22,23,24).